The van der Waals surface area contributed by atoms with Crippen molar-refractivity contribution >= 4 is 5.97 Å². The minimum atomic E-state index is -0.0937. The molecule has 2 saturated carbocycles. The van der Waals surface area contributed by atoms with Crippen LogP contribution in [0.1, 0.15) is 45.4 Å². The molecular weight excluding hydrogens is 164 g/mol. The van der Waals surface area contributed by atoms with Crippen molar-refractivity contribution in [2.24, 2.45) is 11.8 Å². The van der Waals surface area contributed by atoms with Gasteiger partial charge < -0.3 is 4.74 Å². The van der Waals surface area contributed by atoms with E-state index < -0.39 is 0 Å². The van der Waals surface area contributed by atoms with Crippen LogP contribution in [-0.2, 0) is 9.53 Å². The Kier molecular flexibility index (Phi) is 2.56. The first-order valence-corrected chi connectivity index (χ1v) is 5.44. The van der Waals surface area contributed by atoms with Gasteiger partial charge in [-0.3, -0.25) is 4.79 Å². The summed E-state index contributed by atoms with van der Waals surface area (Å²) in [5.41, 5.74) is 0. The third kappa shape index (κ3) is 1.87. The Hall–Kier alpha value is -0.530. The number of hydrogen-bond donors (Lipinski definition) is 0. The van der Waals surface area contributed by atoms with Gasteiger partial charge in [0.15, 0.2) is 0 Å². The Morgan fingerprint density at radius 1 is 1.08 bits per heavy atom. The van der Waals surface area contributed by atoms with E-state index in [0.29, 0.717) is 11.8 Å². The molecule has 0 atom stereocenters. The number of fused-ring (bicyclic) bond motifs is 2. The highest BCUT2D eigenvalue weighted by molar-refractivity contribution is 5.66. The van der Waals surface area contributed by atoms with Gasteiger partial charge in [-0.25, -0.2) is 0 Å². The van der Waals surface area contributed by atoms with Gasteiger partial charge in [0.1, 0.15) is 6.10 Å². The maximum Gasteiger partial charge on any atom is 0.302 e. The molecule has 0 aromatic carbocycles. The van der Waals surface area contributed by atoms with Crippen LogP contribution in [0.4, 0.5) is 0 Å². The Labute approximate surface area is 79.7 Å². The van der Waals surface area contributed by atoms with Crippen LogP contribution in [0.5, 0.6) is 0 Å². The van der Waals surface area contributed by atoms with Crippen LogP contribution in [0.3, 0.4) is 0 Å². The summed E-state index contributed by atoms with van der Waals surface area (Å²) in [7, 11) is 0. The van der Waals surface area contributed by atoms with E-state index in [0.717, 1.165) is 0 Å². The summed E-state index contributed by atoms with van der Waals surface area (Å²) in [5.74, 6) is 1.26. The Morgan fingerprint density at radius 3 is 1.92 bits per heavy atom. The highest BCUT2D eigenvalue weighted by Gasteiger charge is 2.38. The molecule has 2 aliphatic rings. The average molecular weight is 182 g/mol. The molecule has 0 unspecified atom stereocenters. The Bertz CT molecular complexity index is 178. The summed E-state index contributed by atoms with van der Waals surface area (Å²) >= 11 is 0. The maximum absolute atomic E-state index is 10.9. The number of hydrogen-bond acceptors (Lipinski definition) is 2. The van der Waals surface area contributed by atoms with Gasteiger partial charge >= 0.3 is 5.97 Å². The van der Waals surface area contributed by atoms with E-state index in [1.165, 1.54) is 45.4 Å². The summed E-state index contributed by atoms with van der Waals surface area (Å²) in [6.07, 6.45) is 8.03. The van der Waals surface area contributed by atoms with Gasteiger partial charge in [0.2, 0.25) is 0 Å². The first-order valence-electron chi connectivity index (χ1n) is 5.44. The van der Waals surface area contributed by atoms with Crippen molar-refractivity contribution in [3.8, 4) is 0 Å². The van der Waals surface area contributed by atoms with Gasteiger partial charge in [0.05, 0.1) is 0 Å². The zero-order valence-corrected chi connectivity index (χ0v) is 8.29. The van der Waals surface area contributed by atoms with Gasteiger partial charge in [0.25, 0.3) is 0 Å². The van der Waals surface area contributed by atoms with E-state index in [1.54, 1.807) is 0 Å². The van der Waals surface area contributed by atoms with Gasteiger partial charge in [-0.15, -0.1) is 0 Å². The number of carbonyl (C=O) groups is 1. The fraction of sp³-hybridized carbons (Fsp3) is 0.909. The second kappa shape index (κ2) is 3.69. The van der Waals surface area contributed by atoms with E-state index >= 15 is 0 Å². The maximum atomic E-state index is 10.9. The van der Waals surface area contributed by atoms with Crippen LogP contribution >= 0.6 is 0 Å². The van der Waals surface area contributed by atoms with E-state index in [-0.39, 0.29) is 12.1 Å². The molecule has 0 aromatic heterocycles. The van der Waals surface area contributed by atoms with E-state index in [1.807, 2.05) is 0 Å². The fourth-order valence-corrected chi connectivity index (χ4v) is 3.00. The van der Waals surface area contributed by atoms with Crippen molar-refractivity contribution in [1.29, 1.82) is 0 Å². The summed E-state index contributed by atoms with van der Waals surface area (Å²) < 4.78 is 5.42. The van der Waals surface area contributed by atoms with Crippen molar-refractivity contribution in [2.45, 2.75) is 51.6 Å². The Morgan fingerprint density at radius 2 is 1.54 bits per heavy atom. The van der Waals surface area contributed by atoms with Crippen LogP contribution < -0.4 is 0 Å². The normalized spacial score (nSPS) is 38.4. The van der Waals surface area contributed by atoms with Crippen molar-refractivity contribution in [3.63, 3.8) is 0 Å². The van der Waals surface area contributed by atoms with Crippen molar-refractivity contribution in [2.75, 3.05) is 0 Å². The lowest BCUT2D eigenvalue weighted by molar-refractivity contribution is -0.157. The van der Waals surface area contributed by atoms with Crippen molar-refractivity contribution in [1.82, 2.24) is 0 Å². The first-order chi connectivity index (χ1) is 6.27. The minimum Gasteiger partial charge on any atom is -0.462 e. The van der Waals surface area contributed by atoms with E-state index in [4.69, 9.17) is 4.74 Å². The molecule has 0 radical (unpaired) electrons. The molecule has 0 aromatic rings. The molecule has 74 valence electrons. The van der Waals surface area contributed by atoms with Crippen LogP contribution in [-0.4, -0.2) is 12.1 Å². The molecule has 0 spiro atoms. The van der Waals surface area contributed by atoms with Gasteiger partial charge in [-0.05, 0) is 37.5 Å². The van der Waals surface area contributed by atoms with E-state index in [2.05, 4.69) is 0 Å². The molecule has 2 bridgehead atoms. The quantitative estimate of drug-likeness (QED) is 0.582. The van der Waals surface area contributed by atoms with Gasteiger partial charge in [-0.1, -0.05) is 12.8 Å². The fourth-order valence-electron chi connectivity index (χ4n) is 3.00. The molecule has 0 aliphatic heterocycles. The molecule has 2 aliphatic carbocycles. The molecule has 0 amide bonds. The summed E-state index contributed by atoms with van der Waals surface area (Å²) in [6, 6.07) is 0. The lowest BCUT2D eigenvalue weighted by atomic mass is 9.70. The predicted octanol–water partition coefficient (Wildman–Crippen LogP) is 2.52. The van der Waals surface area contributed by atoms with Crippen LogP contribution in [0.2, 0.25) is 0 Å². The molecule has 0 N–H and O–H groups in total. The molecule has 2 heteroatoms. The highest BCUT2D eigenvalue weighted by atomic mass is 16.5. The van der Waals surface area contributed by atoms with Gasteiger partial charge in [0, 0.05) is 6.92 Å². The number of rotatable bonds is 1. The smallest absolute Gasteiger partial charge is 0.302 e. The molecule has 2 nitrogen and oxygen atoms in total. The monoisotopic (exact) mass is 182 g/mol. The third-order valence-corrected chi connectivity index (χ3v) is 3.53. The second-order valence-corrected chi connectivity index (χ2v) is 4.46. The molecule has 2 rings (SSSR count). The lowest BCUT2D eigenvalue weighted by Crippen LogP contribution is -2.40. The zero-order valence-electron chi connectivity index (χ0n) is 8.29. The van der Waals surface area contributed by atoms with Crippen molar-refractivity contribution < 1.29 is 9.53 Å². The topological polar surface area (TPSA) is 26.3 Å². The number of esters is 1. The summed E-state index contributed by atoms with van der Waals surface area (Å²) in [4.78, 5) is 10.9. The number of carbonyl (C=O) groups excluding carboxylic acids is 1. The molecule has 2 fully saturated rings. The first kappa shape index (κ1) is 9.04. The molecular formula is C11H18O2. The predicted molar refractivity (Wildman–Crippen MR) is 50.2 cm³/mol. The average Bonchev–Trinajstić information content (AvgIpc) is 2.02. The lowest BCUT2D eigenvalue weighted by Gasteiger charge is -2.41. The van der Waals surface area contributed by atoms with E-state index in [9.17, 15) is 4.79 Å². The number of ether oxygens (including phenoxy) is 1. The highest BCUT2D eigenvalue weighted by Crippen LogP contribution is 2.41. The SMILES string of the molecule is CC(=O)OC1C2CCCC1CCC2. The summed E-state index contributed by atoms with van der Waals surface area (Å²) in [5, 5.41) is 0. The van der Waals surface area contributed by atoms with Crippen LogP contribution in [0, 0.1) is 11.8 Å². The summed E-state index contributed by atoms with van der Waals surface area (Å²) in [6.45, 7) is 1.53. The molecule has 0 saturated heterocycles. The zero-order chi connectivity index (χ0) is 9.26. The van der Waals surface area contributed by atoms with Gasteiger partial charge in [-0.2, -0.15) is 0 Å². The standard InChI is InChI=1S/C11H18O2/c1-8(12)13-11-9-4-2-5-10(11)7-3-6-9/h9-11H,2-7H2,1H3. The second-order valence-electron chi connectivity index (χ2n) is 4.46. The molecule has 0 heterocycles. The van der Waals surface area contributed by atoms with Crippen LogP contribution in [0.15, 0.2) is 0 Å². The van der Waals surface area contributed by atoms with Crippen LogP contribution in [0.25, 0.3) is 0 Å². The minimum absolute atomic E-state index is 0.0937. The molecule has 13 heavy (non-hydrogen) atoms. The van der Waals surface area contributed by atoms with Crippen molar-refractivity contribution in [3.05, 3.63) is 0 Å². The Balaban J connectivity index is 2.02. The largest absolute Gasteiger partial charge is 0.462 e. The third-order valence-electron chi connectivity index (χ3n) is 3.53.